The Morgan fingerprint density at radius 2 is 2.18 bits per heavy atom. The molecule has 60 valence electrons. The van der Waals surface area contributed by atoms with Crippen LogP contribution in [0.5, 0.6) is 0 Å². The van der Waals surface area contributed by atoms with Crippen LogP contribution in [0.15, 0.2) is 0 Å². The highest BCUT2D eigenvalue weighted by molar-refractivity contribution is 5.91. The van der Waals surface area contributed by atoms with Gasteiger partial charge < -0.3 is 5.73 Å². The quantitative estimate of drug-likeness (QED) is 0.580. The van der Waals surface area contributed by atoms with E-state index in [9.17, 15) is 9.59 Å². The molecule has 0 heterocycles. The molecule has 0 unspecified atom stereocenters. The van der Waals surface area contributed by atoms with Gasteiger partial charge in [-0.15, -0.1) is 0 Å². The number of rotatable bonds is 1. The lowest BCUT2D eigenvalue weighted by atomic mass is 9.87. The van der Waals surface area contributed by atoms with Gasteiger partial charge in [-0.05, 0) is 18.8 Å². The molecule has 2 fully saturated rings. The third-order valence-electron chi connectivity index (χ3n) is 2.93. The Morgan fingerprint density at radius 1 is 1.45 bits per heavy atom. The van der Waals surface area contributed by atoms with E-state index in [1.54, 1.807) is 0 Å². The molecule has 2 aliphatic rings. The summed E-state index contributed by atoms with van der Waals surface area (Å²) in [4.78, 5) is 21.9. The normalized spacial score (nSPS) is 41.5. The summed E-state index contributed by atoms with van der Waals surface area (Å²) in [5.41, 5.74) is 5.16. The van der Waals surface area contributed by atoms with Crippen LogP contribution in [0.2, 0.25) is 0 Å². The van der Waals surface area contributed by atoms with Crippen LogP contribution in [0.1, 0.15) is 19.3 Å². The van der Waals surface area contributed by atoms with Crippen LogP contribution in [0.3, 0.4) is 0 Å². The fourth-order valence-electron chi connectivity index (χ4n) is 2.42. The maximum absolute atomic E-state index is 11.1. The molecular weight excluding hydrogens is 142 g/mol. The predicted octanol–water partition coefficient (Wildman–Crippen LogP) is 0.0869. The van der Waals surface area contributed by atoms with E-state index in [0.29, 0.717) is 12.3 Å². The minimum atomic E-state index is -0.287. The van der Waals surface area contributed by atoms with E-state index >= 15 is 0 Å². The molecule has 0 saturated heterocycles. The van der Waals surface area contributed by atoms with Crippen LogP contribution in [0, 0.1) is 17.8 Å². The Labute approximate surface area is 64.9 Å². The van der Waals surface area contributed by atoms with Crippen LogP contribution in [-0.4, -0.2) is 11.7 Å². The lowest BCUT2D eigenvalue weighted by Crippen LogP contribution is -2.31. The summed E-state index contributed by atoms with van der Waals surface area (Å²) >= 11 is 0. The van der Waals surface area contributed by atoms with Crippen molar-refractivity contribution in [2.75, 3.05) is 0 Å². The number of fused-ring (bicyclic) bond motifs is 2. The predicted molar refractivity (Wildman–Crippen MR) is 38.5 cm³/mol. The van der Waals surface area contributed by atoms with Crippen molar-refractivity contribution in [3.8, 4) is 0 Å². The monoisotopic (exact) mass is 153 g/mol. The van der Waals surface area contributed by atoms with Gasteiger partial charge in [0.2, 0.25) is 5.91 Å². The van der Waals surface area contributed by atoms with E-state index in [1.807, 2.05) is 0 Å². The average Bonchev–Trinajstić information content (AvgIpc) is 2.43. The van der Waals surface area contributed by atoms with Crippen LogP contribution in [0.25, 0.3) is 0 Å². The maximum Gasteiger partial charge on any atom is 0.221 e. The largest absolute Gasteiger partial charge is 0.369 e. The lowest BCUT2D eigenvalue weighted by Gasteiger charge is -2.16. The fraction of sp³-hybridized carbons (Fsp3) is 0.750. The molecule has 11 heavy (non-hydrogen) atoms. The van der Waals surface area contributed by atoms with Gasteiger partial charge in [0.1, 0.15) is 5.78 Å². The zero-order valence-electron chi connectivity index (χ0n) is 6.25. The van der Waals surface area contributed by atoms with Gasteiger partial charge >= 0.3 is 0 Å². The smallest absolute Gasteiger partial charge is 0.221 e. The molecular formula is C8H11NO2. The molecule has 2 aliphatic carbocycles. The number of hydrogen-bond acceptors (Lipinski definition) is 2. The number of carbonyl (C=O) groups is 2. The van der Waals surface area contributed by atoms with E-state index < -0.39 is 0 Å². The molecule has 2 bridgehead atoms. The first kappa shape index (κ1) is 6.83. The van der Waals surface area contributed by atoms with Gasteiger partial charge in [0.25, 0.3) is 0 Å². The number of hydrogen-bond donors (Lipinski definition) is 1. The fourth-order valence-corrected chi connectivity index (χ4v) is 2.42. The molecule has 2 rings (SSSR count). The third-order valence-corrected chi connectivity index (χ3v) is 2.93. The van der Waals surface area contributed by atoms with E-state index in [1.165, 1.54) is 0 Å². The first-order valence-corrected chi connectivity index (χ1v) is 4.00. The van der Waals surface area contributed by atoms with Gasteiger partial charge in [0.05, 0.1) is 0 Å². The molecule has 0 aliphatic heterocycles. The molecule has 0 aromatic heterocycles. The summed E-state index contributed by atoms with van der Waals surface area (Å²) in [5.74, 6) is 0.277. The number of nitrogens with two attached hydrogens (primary N) is 1. The van der Waals surface area contributed by atoms with Crippen LogP contribution >= 0.6 is 0 Å². The number of ketones is 1. The SMILES string of the molecule is NC(=O)[C@@H]1C[C@@H]2CC(=O)[C@@H]1C2. The molecule has 3 atom stereocenters. The summed E-state index contributed by atoms with van der Waals surface area (Å²) in [6.07, 6.45) is 2.45. The van der Waals surface area contributed by atoms with Gasteiger partial charge in [0.15, 0.2) is 0 Å². The van der Waals surface area contributed by atoms with Crippen molar-refractivity contribution in [1.29, 1.82) is 0 Å². The second-order valence-electron chi connectivity index (χ2n) is 3.62. The highest BCUT2D eigenvalue weighted by atomic mass is 16.1. The average molecular weight is 153 g/mol. The minimum Gasteiger partial charge on any atom is -0.369 e. The third kappa shape index (κ3) is 0.870. The van der Waals surface area contributed by atoms with E-state index in [0.717, 1.165) is 12.8 Å². The van der Waals surface area contributed by atoms with Crippen molar-refractivity contribution >= 4 is 11.7 Å². The van der Waals surface area contributed by atoms with Crippen molar-refractivity contribution in [2.24, 2.45) is 23.5 Å². The Balaban J connectivity index is 2.18. The Hall–Kier alpha value is -0.860. The molecule has 2 saturated carbocycles. The van der Waals surface area contributed by atoms with Crippen molar-refractivity contribution in [3.05, 3.63) is 0 Å². The molecule has 0 aromatic rings. The first-order valence-electron chi connectivity index (χ1n) is 4.00. The lowest BCUT2D eigenvalue weighted by molar-refractivity contribution is -0.131. The summed E-state index contributed by atoms with van der Waals surface area (Å²) < 4.78 is 0. The van der Waals surface area contributed by atoms with Crippen molar-refractivity contribution in [3.63, 3.8) is 0 Å². The standard InChI is InChI=1S/C8H11NO2/c9-8(11)6-2-4-1-5(6)7(10)3-4/h4-6H,1-3H2,(H2,9,11)/t4-,5-,6-/m1/s1. The highest BCUT2D eigenvalue weighted by Crippen LogP contribution is 2.45. The van der Waals surface area contributed by atoms with E-state index in [4.69, 9.17) is 5.73 Å². The van der Waals surface area contributed by atoms with Gasteiger partial charge in [-0.1, -0.05) is 0 Å². The van der Waals surface area contributed by atoms with Crippen molar-refractivity contribution in [2.45, 2.75) is 19.3 Å². The Kier molecular flexibility index (Phi) is 1.28. The Morgan fingerprint density at radius 3 is 2.55 bits per heavy atom. The van der Waals surface area contributed by atoms with Gasteiger partial charge in [-0.3, -0.25) is 9.59 Å². The van der Waals surface area contributed by atoms with E-state index in [2.05, 4.69) is 0 Å². The first-order chi connectivity index (χ1) is 5.18. The number of amides is 1. The highest BCUT2D eigenvalue weighted by Gasteiger charge is 2.47. The van der Waals surface area contributed by atoms with Gasteiger partial charge in [-0.2, -0.15) is 0 Å². The molecule has 3 nitrogen and oxygen atoms in total. The van der Waals surface area contributed by atoms with Gasteiger partial charge in [0, 0.05) is 18.3 Å². The van der Waals surface area contributed by atoms with Crippen molar-refractivity contribution in [1.82, 2.24) is 0 Å². The zero-order valence-corrected chi connectivity index (χ0v) is 6.25. The van der Waals surface area contributed by atoms with Crippen molar-refractivity contribution < 1.29 is 9.59 Å². The summed E-state index contributed by atoms with van der Waals surface area (Å²) in [7, 11) is 0. The maximum atomic E-state index is 11.1. The molecule has 0 aromatic carbocycles. The molecule has 2 N–H and O–H groups in total. The van der Waals surface area contributed by atoms with Crippen LogP contribution in [0.4, 0.5) is 0 Å². The molecule has 0 spiro atoms. The minimum absolute atomic E-state index is 0.0162. The molecule has 1 amide bonds. The topological polar surface area (TPSA) is 60.2 Å². The summed E-state index contributed by atoms with van der Waals surface area (Å²) in [6.45, 7) is 0. The zero-order chi connectivity index (χ0) is 8.01. The van der Waals surface area contributed by atoms with Crippen LogP contribution < -0.4 is 5.73 Å². The summed E-state index contributed by atoms with van der Waals surface area (Å²) in [6, 6.07) is 0. The van der Waals surface area contributed by atoms with E-state index in [-0.39, 0.29) is 23.5 Å². The van der Waals surface area contributed by atoms with Crippen LogP contribution in [-0.2, 0) is 9.59 Å². The number of primary amides is 1. The second kappa shape index (κ2) is 2.06. The molecule has 0 radical (unpaired) electrons. The molecule has 3 heteroatoms. The second-order valence-corrected chi connectivity index (χ2v) is 3.62. The summed E-state index contributed by atoms with van der Waals surface area (Å²) in [5, 5.41) is 0. The Bertz CT molecular complexity index is 224. The number of carbonyl (C=O) groups excluding carboxylic acids is 2. The van der Waals surface area contributed by atoms with Gasteiger partial charge in [-0.25, -0.2) is 0 Å². The number of Topliss-reactive ketones (excluding diaryl/α,β-unsaturated/α-hetero) is 1.